The lowest BCUT2D eigenvalue weighted by Gasteiger charge is -2.19. The normalized spacial score (nSPS) is 23.4. The summed E-state index contributed by atoms with van der Waals surface area (Å²) in [5.41, 5.74) is 0. The largest absolute Gasteiger partial charge is 0.465 e. The first kappa shape index (κ1) is 17.0. The van der Waals surface area contributed by atoms with E-state index in [1.165, 1.54) is 0 Å². The van der Waals surface area contributed by atoms with Crippen LogP contribution in [0, 0.1) is 23.7 Å². The monoisotopic (exact) mass is 285 g/mol. The molecule has 0 aromatic rings. The van der Waals surface area contributed by atoms with Crippen molar-refractivity contribution in [1.29, 1.82) is 0 Å². The average Bonchev–Trinajstić information content (AvgIpc) is 2.72. The lowest BCUT2D eigenvalue weighted by molar-refractivity contribution is -0.152. The minimum Gasteiger partial charge on any atom is -0.465 e. The third-order valence-electron chi connectivity index (χ3n) is 3.58. The van der Waals surface area contributed by atoms with E-state index in [1.54, 1.807) is 0 Å². The number of likely N-dealkylation sites (tertiary alicyclic amines) is 1. The Kier molecular flexibility index (Phi) is 6.46. The number of ether oxygens (including phenoxy) is 2. The first-order valence-electron chi connectivity index (χ1n) is 7.33. The second kappa shape index (κ2) is 7.62. The van der Waals surface area contributed by atoms with Gasteiger partial charge in [0.2, 0.25) is 0 Å². The number of nitrogens with zero attached hydrogens (tertiary/aromatic N) is 1. The summed E-state index contributed by atoms with van der Waals surface area (Å²) in [4.78, 5) is 25.2. The molecule has 2 atom stereocenters. The van der Waals surface area contributed by atoms with Crippen molar-refractivity contribution < 1.29 is 19.1 Å². The topological polar surface area (TPSA) is 55.8 Å². The van der Waals surface area contributed by atoms with Crippen LogP contribution in [0.4, 0.5) is 0 Å². The van der Waals surface area contributed by atoms with Crippen LogP contribution in [-0.2, 0) is 19.1 Å². The molecule has 1 aliphatic rings. The summed E-state index contributed by atoms with van der Waals surface area (Å²) in [6, 6.07) is 0. The molecule has 0 aliphatic carbocycles. The van der Waals surface area contributed by atoms with E-state index >= 15 is 0 Å². The highest BCUT2D eigenvalue weighted by molar-refractivity contribution is 5.71. The molecule has 0 radical (unpaired) electrons. The number of hydrogen-bond donors (Lipinski definition) is 0. The van der Waals surface area contributed by atoms with Crippen LogP contribution in [0.25, 0.3) is 0 Å². The van der Waals surface area contributed by atoms with Crippen LogP contribution in [0.5, 0.6) is 0 Å². The fraction of sp³-hybridized carbons (Fsp3) is 0.867. The summed E-state index contributed by atoms with van der Waals surface area (Å²) >= 11 is 0. The highest BCUT2D eigenvalue weighted by atomic mass is 16.5. The van der Waals surface area contributed by atoms with Crippen LogP contribution < -0.4 is 0 Å². The highest BCUT2D eigenvalue weighted by Gasteiger charge is 2.33. The molecule has 20 heavy (non-hydrogen) atoms. The molecule has 0 N–H and O–H groups in total. The van der Waals surface area contributed by atoms with Crippen LogP contribution in [0.3, 0.4) is 0 Å². The van der Waals surface area contributed by atoms with Gasteiger partial charge in [-0.25, -0.2) is 0 Å². The Morgan fingerprint density at radius 2 is 1.30 bits per heavy atom. The second-order valence-corrected chi connectivity index (χ2v) is 6.31. The summed E-state index contributed by atoms with van der Waals surface area (Å²) in [6.45, 7) is 9.85. The predicted octanol–water partition coefficient (Wildman–Crippen LogP) is 1.56. The fourth-order valence-corrected chi connectivity index (χ4v) is 2.26. The van der Waals surface area contributed by atoms with E-state index in [1.807, 2.05) is 34.7 Å². The average molecular weight is 285 g/mol. The van der Waals surface area contributed by atoms with E-state index in [9.17, 15) is 9.59 Å². The van der Waals surface area contributed by atoms with Gasteiger partial charge in [0.25, 0.3) is 0 Å². The Balaban J connectivity index is 2.43. The molecule has 0 aromatic heterocycles. The summed E-state index contributed by atoms with van der Waals surface area (Å²) < 4.78 is 10.6. The first-order chi connectivity index (χ1) is 9.31. The third-order valence-corrected chi connectivity index (χ3v) is 3.58. The molecule has 1 heterocycles. The van der Waals surface area contributed by atoms with Crippen LogP contribution in [0.1, 0.15) is 27.7 Å². The molecule has 0 unspecified atom stereocenters. The molecule has 1 fully saturated rings. The van der Waals surface area contributed by atoms with E-state index in [4.69, 9.17) is 9.47 Å². The molecule has 0 amide bonds. The van der Waals surface area contributed by atoms with Gasteiger partial charge in [-0.1, -0.05) is 27.7 Å². The zero-order chi connectivity index (χ0) is 15.3. The molecule has 1 aliphatic heterocycles. The third kappa shape index (κ3) is 5.12. The minimum atomic E-state index is -0.169. The Hall–Kier alpha value is -1.10. The molecular weight excluding hydrogens is 258 g/mol. The van der Waals surface area contributed by atoms with E-state index in [0.717, 1.165) is 13.1 Å². The highest BCUT2D eigenvalue weighted by Crippen LogP contribution is 2.23. The van der Waals surface area contributed by atoms with Crippen LogP contribution in [0.15, 0.2) is 0 Å². The van der Waals surface area contributed by atoms with Crippen molar-refractivity contribution in [3.63, 3.8) is 0 Å². The maximum absolute atomic E-state index is 11.5. The van der Waals surface area contributed by atoms with Crippen molar-refractivity contribution >= 4 is 11.9 Å². The number of rotatable bonds is 6. The Morgan fingerprint density at radius 1 is 0.950 bits per heavy atom. The summed E-state index contributed by atoms with van der Waals surface area (Å²) in [5.74, 6) is -0.0713. The quantitative estimate of drug-likeness (QED) is 0.693. The first-order valence-corrected chi connectivity index (χ1v) is 7.33. The summed E-state index contributed by atoms with van der Waals surface area (Å²) in [7, 11) is 2.03. The van der Waals surface area contributed by atoms with Gasteiger partial charge in [-0.3, -0.25) is 9.59 Å². The molecule has 5 nitrogen and oxygen atoms in total. The van der Waals surface area contributed by atoms with E-state index in [0.29, 0.717) is 13.2 Å². The maximum Gasteiger partial charge on any atom is 0.308 e. The van der Waals surface area contributed by atoms with Gasteiger partial charge in [-0.15, -0.1) is 0 Å². The molecule has 5 heteroatoms. The van der Waals surface area contributed by atoms with E-state index in [2.05, 4.69) is 4.90 Å². The van der Waals surface area contributed by atoms with Crippen molar-refractivity contribution in [2.75, 3.05) is 33.4 Å². The lowest BCUT2D eigenvalue weighted by Crippen LogP contribution is -2.27. The van der Waals surface area contributed by atoms with Gasteiger partial charge in [0, 0.05) is 24.9 Å². The van der Waals surface area contributed by atoms with Gasteiger partial charge in [0.05, 0.1) is 25.0 Å². The Morgan fingerprint density at radius 3 is 1.60 bits per heavy atom. The zero-order valence-electron chi connectivity index (χ0n) is 13.2. The summed E-state index contributed by atoms with van der Waals surface area (Å²) in [6.07, 6.45) is 0. The lowest BCUT2D eigenvalue weighted by atomic mass is 9.98. The smallest absolute Gasteiger partial charge is 0.308 e. The zero-order valence-corrected chi connectivity index (χ0v) is 13.2. The molecule has 1 saturated heterocycles. The maximum atomic E-state index is 11.5. The molecule has 0 aromatic carbocycles. The number of carbonyl (C=O) groups excluding carboxylic acids is 2. The van der Waals surface area contributed by atoms with Gasteiger partial charge in [0.1, 0.15) is 0 Å². The van der Waals surface area contributed by atoms with Crippen molar-refractivity contribution in [3.8, 4) is 0 Å². The Labute approximate surface area is 121 Å². The summed E-state index contributed by atoms with van der Waals surface area (Å²) in [5, 5.41) is 0. The van der Waals surface area contributed by atoms with Gasteiger partial charge in [-0.05, 0) is 7.05 Å². The molecular formula is C15H27NO4. The molecule has 0 bridgehead atoms. The van der Waals surface area contributed by atoms with Crippen molar-refractivity contribution in [3.05, 3.63) is 0 Å². The van der Waals surface area contributed by atoms with Crippen molar-refractivity contribution in [2.45, 2.75) is 27.7 Å². The predicted molar refractivity (Wildman–Crippen MR) is 76.1 cm³/mol. The van der Waals surface area contributed by atoms with E-state index in [-0.39, 0.29) is 35.6 Å². The minimum absolute atomic E-state index is 0.105. The molecule has 1 rings (SSSR count). The number of esters is 2. The Bertz CT molecular complexity index is 309. The SMILES string of the molecule is CC(C)C(=O)OC[C@@H]1CN(C)C[C@@H]1COC(=O)C(C)C. The molecule has 116 valence electrons. The number of hydrogen-bond acceptors (Lipinski definition) is 5. The van der Waals surface area contributed by atoms with Gasteiger partial charge in [-0.2, -0.15) is 0 Å². The van der Waals surface area contributed by atoms with Gasteiger partial charge < -0.3 is 14.4 Å². The molecule has 0 spiro atoms. The van der Waals surface area contributed by atoms with Crippen molar-refractivity contribution in [1.82, 2.24) is 4.90 Å². The van der Waals surface area contributed by atoms with Gasteiger partial charge in [0.15, 0.2) is 0 Å². The van der Waals surface area contributed by atoms with Crippen LogP contribution in [-0.4, -0.2) is 50.2 Å². The fourth-order valence-electron chi connectivity index (χ4n) is 2.26. The van der Waals surface area contributed by atoms with Gasteiger partial charge >= 0.3 is 11.9 Å². The second-order valence-electron chi connectivity index (χ2n) is 6.31. The van der Waals surface area contributed by atoms with Crippen LogP contribution in [0.2, 0.25) is 0 Å². The number of carbonyl (C=O) groups is 2. The molecule has 0 saturated carbocycles. The van der Waals surface area contributed by atoms with E-state index < -0.39 is 0 Å². The standard InChI is InChI=1S/C15H27NO4/c1-10(2)14(17)19-8-12-6-16(5)7-13(12)9-20-15(18)11(3)4/h10-13H,6-9H2,1-5H3/t12-,13+. The van der Waals surface area contributed by atoms with Crippen LogP contribution >= 0.6 is 0 Å². The van der Waals surface area contributed by atoms with Crippen molar-refractivity contribution in [2.24, 2.45) is 23.7 Å².